The quantitative estimate of drug-likeness (QED) is 0.754. The SMILES string of the molecule is CCCCCNC(=O)Cc1ccc2cc[nH]c2c1. The first-order valence-corrected chi connectivity index (χ1v) is 6.62. The topological polar surface area (TPSA) is 44.9 Å². The molecule has 0 saturated heterocycles. The second-order valence-electron chi connectivity index (χ2n) is 4.63. The summed E-state index contributed by atoms with van der Waals surface area (Å²) in [5.74, 6) is 0.108. The molecule has 0 fully saturated rings. The molecule has 2 aromatic rings. The van der Waals surface area contributed by atoms with Crippen LogP contribution in [0.1, 0.15) is 31.7 Å². The van der Waals surface area contributed by atoms with Crippen molar-refractivity contribution in [1.29, 1.82) is 0 Å². The number of aromatic amines is 1. The predicted molar refractivity (Wildman–Crippen MR) is 74.5 cm³/mol. The molecule has 3 heteroatoms. The molecular formula is C15H20N2O. The average Bonchev–Trinajstić information content (AvgIpc) is 2.82. The number of H-pyrrole nitrogens is 1. The molecule has 0 aliphatic rings. The third-order valence-electron chi connectivity index (χ3n) is 3.09. The molecule has 1 aromatic carbocycles. The first-order chi connectivity index (χ1) is 8.79. The normalized spacial score (nSPS) is 10.7. The summed E-state index contributed by atoms with van der Waals surface area (Å²) < 4.78 is 0. The molecule has 2 N–H and O–H groups in total. The molecule has 3 nitrogen and oxygen atoms in total. The first kappa shape index (κ1) is 12.7. The number of carbonyl (C=O) groups excluding carboxylic acids is 1. The number of carbonyl (C=O) groups is 1. The Bertz CT molecular complexity index is 516. The van der Waals surface area contributed by atoms with Gasteiger partial charge in [-0.05, 0) is 29.5 Å². The Balaban J connectivity index is 1.86. The van der Waals surface area contributed by atoms with E-state index in [9.17, 15) is 4.79 Å². The molecule has 0 spiro atoms. The first-order valence-electron chi connectivity index (χ1n) is 6.62. The van der Waals surface area contributed by atoms with Crippen molar-refractivity contribution in [2.75, 3.05) is 6.54 Å². The lowest BCUT2D eigenvalue weighted by molar-refractivity contribution is -0.120. The number of aromatic nitrogens is 1. The van der Waals surface area contributed by atoms with Crippen molar-refractivity contribution >= 4 is 16.8 Å². The highest BCUT2D eigenvalue weighted by Crippen LogP contribution is 2.14. The molecule has 1 aromatic heterocycles. The second-order valence-corrected chi connectivity index (χ2v) is 4.63. The summed E-state index contributed by atoms with van der Waals surface area (Å²) in [5.41, 5.74) is 2.14. The smallest absolute Gasteiger partial charge is 0.224 e. The van der Waals surface area contributed by atoms with E-state index in [-0.39, 0.29) is 5.91 Å². The van der Waals surface area contributed by atoms with Gasteiger partial charge in [0, 0.05) is 18.3 Å². The number of hydrogen-bond acceptors (Lipinski definition) is 1. The van der Waals surface area contributed by atoms with Crippen LogP contribution in [0.4, 0.5) is 0 Å². The van der Waals surface area contributed by atoms with Gasteiger partial charge in [0.25, 0.3) is 0 Å². The fraction of sp³-hybridized carbons (Fsp3) is 0.400. The van der Waals surface area contributed by atoms with Gasteiger partial charge in [-0.15, -0.1) is 0 Å². The Morgan fingerprint density at radius 3 is 3.00 bits per heavy atom. The molecule has 0 atom stereocenters. The van der Waals surface area contributed by atoms with Crippen molar-refractivity contribution in [3.63, 3.8) is 0 Å². The van der Waals surface area contributed by atoms with Crippen molar-refractivity contribution in [1.82, 2.24) is 10.3 Å². The zero-order valence-corrected chi connectivity index (χ0v) is 10.8. The van der Waals surface area contributed by atoms with Crippen molar-refractivity contribution in [3.8, 4) is 0 Å². The van der Waals surface area contributed by atoms with E-state index in [2.05, 4.69) is 17.2 Å². The number of amides is 1. The third kappa shape index (κ3) is 3.36. The van der Waals surface area contributed by atoms with Gasteiger partial charge in [-0.2, -0.15) is 0 Å². The van der Waals surface area contributed by atoms with Crippen LogP contribution >= 0.6 is 0 Å². The van der Waals surface area contributed by atoms with Gasteiger partial charge in [-0.25, -0.2) is 0 Å². The number of hydrogen-bond donors (Lipinski definition) is 2. The summed E-state index contributed by atoms with van der Waals surface area (Å²) in [4.78, 5) is 14.9. The van der Waals surface area contributed by atoms with E-state index in [1.807, 2.05) is 30.5 Å². The van der Waals surface area contributed by atoms with E-state index in [4.69, 9.17) is 0 Å². The Hall–Kier alpha value is -1.77. The van der Waals surface area contributed by atoms with Crippen LogP contribution in [0.25, 0.3) is 10.9 Å². The molecule has 0 bridgehead atoms. The lowest BCUT2D eigenvalue weighted by Crippen LogP contribution is -2.26. The summed E-state index contributed by atoms with van der Waals surface area (Å²) in [7, 11) is 0. The van der Waals surface area contributed by atoms with Crippen molar-refractivity contribution in [2.24, 2.45) is 0 Å². The van der Waals surface area contributed by atoms with Gasteiger partial charge in [0.15, 0.2) is 0 Å². The fourth-order valence-electron chi connectivity index (χ4n) is 2.06. The van der Waals surface area contributed by atoms with Crippen LogP contribution in [-0.4, -0.2) is 17.4 Å². The van der Waals surface area contributed by atoms with E-state index in [1.54, 1.807) is 0 Å². The summed E-state index contributed by atoms with van der Waals surface area (Å²) >= 11 is 0. The maximum Gasteiger partial charge on any atom is 0.224 e. The van der Waals surface area contributed by atoms with Gasteiger partial charge in [-0.1, -0.05) is 31.9 Å². The highest BCUT2D eigenvalue weighted by Gasteiger charge is 2.03. The molecule has 2 rings (SSSR count). The third-order valence-corrected chi connectivity index (χ3v) is 3.09. The van der Waals surface area contributed by atoms with E-state index in [0.717, 1.165) is 24.0 Å². The lowest BCUT2D eigenvalue weighted by Gasteiger charge is -2.05. The lowest BCUT2D eigenvalue weighted by atomic mass is 10.1. The second kappa shape index (κ2) is 6.24. The van der Waals surface area contributed by atoms with Crippen molar-refractivity contribution in [2.45, 2.75) is 32.6 Å². The van der Waals surface area contributed by atoms with E-state index in [1.165, 1.54) is 18.2 Å². The van der Waals surface area contributed by atoms with Gasteiger partial charge < -0.3 is 10.3 Å². The zero-order chi connectivity index (χ0) is 12.8. The van der Waals surface area contributed by atoms with E-state index in [0.29, 0.717) is 6.42 Å². The Labute approximate surface area is 108 Å². The summed E-state index contributed by atoms with van der Waals surface area (Å²) in [6.07, 6.45) is 5.80. The van der Waals surface area contributed by atoms with Crippen LogP contribution in [0, 0.1) is 0 Å². The number of fused-ring (bicyclic) bond motifs is 1. The Morgan fingerprint density at radius 2 is 2.17 bits per heavy atom. The maximum atomic E-state index is 11.7. The monoisotopic (exact) mass is 244 g/mol. The van der Waals surface area contributed by atoms with E-state index >= 15 is 0 Å². The molecule has 96 valence electrons. The van der Waals surface area contributed by atoms with Crippen molar-refractivity contribution < 1.29 is 4.79 Å². The van der Waals surface area contributed by atoms with Gasteiger partial charge in [0.05, 0.1) is 6.42 Å². The van der Waals surface area contributed by atoms with Crippen molar-refractivity contribution in [3.05, 3.63) is 36.0 Å². The highest BCUT2D eigenvalue weighted by molar-refractivity contribution is 5.83. The standard InChI is InChI=1S/C15H20N2O/c1-2-3-4-8-17-15(18)11-12-5-6-13-7-9-16-14(13)10-12/h5-7,9-10,16H,2-4,8,11H2,1H3,(H,17,18). The van der Waals surface area contributed by atoms with Crippen LogP contribution in [0.5, 0.6) is 0 Å². The molecule has 18 heavy (non-hydrogen) atoms. The number of unbranched alkanes of at least 4 members (excludes halogenated alkanes) is 2. The van der Waals surface area contributed by atoms with Gasteiger partial charge >= 0.3 is 0 Å². The predicted octanol–water partition coefficient (Wildman–Crippen LogP) is 3.02. The highest BCUT2D eigenvalue weighted by atomic mass is 16.1. The van der Waals surface area contributed by atoms with Crippen LogP contribution < -0.4 is 5.32 Å². The zero-order valence-electron chi connectivity index (χ0n) is 10.8. The maximum absolute atomic E-state index is 11.7. The molecule has 1 amide bonds. The molecule has 0 unspecified atom stereocenters. The van der Waals surface area contributed by atoms with Crippen LogP contribution in [0.3, 0.4) is 0 Å². The molecule has 0 aliphatic heterocycles. The minimum Gasteiger partial charge on any atom is -0.361 e. The molecule has 0 saturated carbocycles. The van der Waals surface area contributed by atoms with Crippen LogP contribution in [0.2, 0.25) is 0 Å². The minimum absolute atomic E-state index is 0.108. The van der Waals surface area contributed by atoms with Crippen LogP contribution in [-0.2, 0) is 11.2 Å². The molecular weight excluding hydrogens is 224 g/mol. The number of nitrogens with one attached hydrogen (secondary N) is 2. The fourth-order valence-corrected chi connectivity index (χ4v) is 2.06. The summed E-state index contributed by atoms with van der Waals surface area (Å²) in [5, 5.41) is 4.14. The summed E-state index contributed by atoms with van der Waals surface area (Å²) in [6.45, 7) is 2.95. The average molecular weight is 244 g/mol. The van der Waals surface area contributed by atoms with Gasteiger partial charge in [0.2, 0.25) is 5.91 Å². The molecule has 0 aliphatic carbocycles. The minimum atomic E-state index is 0.108. The Kier molecular flexibility index (Phi) is 4.40. The van der Waals surface area contributed by atoms with Gasteiger partial charge in [0.1, 0.15) is 0 Å². The van der Waals surface area contributed by atoms with E-state index < -0.39 is 0 Å². The number of benzene rings is 1. The molecule has 0 radical (unpaired) electrons. The number of rotatable bonds is 6. The molecule has 1 heterocycles. The van der Waals surface area contributed by atoms with Gasteiger partial charge in [-0.3, -0.25) is 4.79 Å². The van der Waals surface area contributed by atoms with Crippen LogP contribution in [0.15, 0.2) is 30.5 Å². The Morgan fingerprint density at radius 1 is 1.28 bits per heavy atom. The summed E-state index contributed by atoms with van der Waals surface area (Å²) in [6, 6.07) is 8.14. The largest absolute Gasteiger partial charge is 0.361 e.